The Labute approximate surface area is 119 Å². The van der Waals surface area contributed by atoms with E-state index in [1.165, 1.54) is 0 Å². The molecule has 0 spiro atoms. The van der Waals surface area contributed by atoms with Gasteiger partial charge in [-0.15, -0.1) is 0 Å². The zero-order valence-corrected chi connectivity index (χ0v) is 12.0. The van der Waals surface area contributed by atoms with E-state index in [9.17, 15) is 4.79 Å². The quantitative estimate of drug-likeness (QED) is 0.636. The molecule has 0 atom stereocenters. The summed E-state index contributed by atoms with van der Waals surface area (Å²) < 4.78 is 2.75. The highest BCUT2D eigenvalue weighted by molar-refractivity contribution is 9.10. The molecule has 0 radical (unpaired) electrons. The van der Waals surface area contributed by atoms with Crippen LogP contribution in [0.3, 0.4) is 0 Å². The lowest BCUT2D eigenvalue weighted by Crippen LogP contribution is -2.02. The molecule has 2 aromatic carbocycles. The third-order valence-electron chi connectivity index (χ3n) is 3.21. The van der Waals surface area contributed by atoms with Crippen LogP contribution in [0.15, 0.2) is 59.2 Å². The molecule has 3 rings (SSSR count). The van der Waals surface area contributed by atoms with E-state index in [0.717, 1.165) is 26.5 Å². The molecule has 94 valence electrons. The van der Waals surface area contributed by atoms with Gasteiger partial charge < -0.3 is 0 Å². The molecular weight excluding hydrogens is 302 g/mol. The van der Waals surface area contributed by atoms with Gasteiger partial charge in [0.25, 0.3) is 0 Å². The topological polar surface area (TPSA) is 22.0 Å². The number of nitrogens with zero attached hydrogens (tertiary/aromatic N) is 1. The lowest BCUT2D eigenvalue weighted by atomic mass is 10.1. The van der Waals surface area contributed by atoms with Crippen LogP contribution in [0.4, 0.5) is 0 Å². The number of aromatic nitrogens is 1. The Morgan fingerprint density at radius 2 is 1.74 bits per heavy atom. The molecule has 0 bridgehead atoms. The molecule has 0 aliphatic carbocycles. The van der Waals surface area contributed by atoms with Crippen LogP contribution >= 0.6 is 15.9 Å². The number of carbonyl (C=O) groups is 1. The van der Waals surface area contributed by atoms with E-state index < -0.39 is 0 Å². The second-order valence-corrected chi connectivity index (χ2v) is 5.37. The van der Waals surface area contributed by atoms with E-state index in [1.54, 1.807) is 11.5 Å². The van der Waals surface area contributed by atoms with Gasteiger partial charge in [0.2, 0.25) is 5.91 Å². The van der Waals surface area contributed by atoms with E-state index in [2.05, 4.69) is 28.1 Å². The summed E-state index contributed by atoms with van der Waals surface area (Å²) in [6, 6.07) is 16.1. The number of rotatable bonds is 1. The second kappa shape index (κ2) is 4.67. The van der Waals surface area contributed by atoms with Crippen molar-refractivity contribution in [3.05, 3.63) is 59.2 Å². The van der Waals surface area contributed by atoms with Gasteiger partial charge in [0.05, 0.1) is 5.52 Å². The van der Waals surface area contributed by atoms with Crippen LogP contribution in [0.1, 0.15) is 11.7 Å². The van der Waals surface area contributed by atoms with E-state index in [-0.39, 0.29) is 5.91 Å². The lowest BCUT2D eigenvalue weighted by molar-refractivity contribution is 0.0942. The molecule has 0 N–H and O–H groups in total. The number of para-hydroxylation sites is 1. The van der Waals surface area contributed by atoms with Crippen LogP contribution in [-0.4, -0.2) is 10.5 Å². The van der Waals surface area contributed by atoms with Gasteiger partial charge in [0, 0.05) is 28.5 Å². The van der Waals surface area contributed by atoms with Crippen molar-refractivity contribution in [1.29, 1.82) is 0 Å². The van der Waals surface area contributed by atoms with Gasteiger partial charge >= 0.3 is 0 Å². The first-order valence-electron chi connectivity index (χ1n) is 6.04. The SMILES string of the molecule is CC(=O)n1cc(-c2ccc(Br)cc2)c2ccccc21. The summed E-state index contributed by atoms with van der Waals surface area (Å²) in [6.07, 6.45) is 1.91. The van der Waals surface area contributed by atoms with Gasteiger partial charge in [-0.3, -0.25) is 9.36 Å². The van der Waals surface area contributed by atoms with Crippen LogP contribution in [-0.2, 0) is 0 Å². The fourth-order valence-electron chi connectivity index (χ4n) is 2.30. The van der Waals surface area contributed by atoms with Gasteiger partial charge in [0.1, 0.15) is 0 Å². The highest BCUT2D eigenvalue weighted by Crippen LogP contribution is 2.31. The van der Waals surface area contributed by atoms with Gasteiger partial charge in [-0.25, -0.2) is 0 Å². The smallest absolute Gasteiger partial charge is 0.227 e. The van der Waals surface area contributed by atoms with Crippen LogP contribution in [0, 0.1) is 0 Å². The molecule has 0 amide bonds. The van der Waals surface area contributed by atoms with E-state index in [0.29, 0.717) is 0 Å². The lowest BCUT2D eigenvalue weighted by Gasteiger charge is -1.99. The summed E-state index contributed by atoms with van der Waals surface area (Å²) in [5.41, 5.74) is 3.14. The number of hydrogen-bond acceptors (Lipinski definition) is 1. The molecule has 3 heteroatoms. The molecule has 19 heavy (non-hydrogen) atoms. The van der Waals surface area contributed by atoms with E-state index in [1.807, 2.05) is 42.6 Å². The van der Waals surface area contributed by atoms with Gasteiger partial charge in [-0.05, 0) is 23.8 Å². The molecule has 2 nitrogen and oxygen atoms in total. The number of halogens is 1. The summed E-state index contributed by atoms with van der Waals surface area (Å²) in [5, 5.41) is 1.10. The number of benzene rings is 2. The number of carbonyl (C=O) groups excluding carboxylic acids is 1. The van der Waals surface area contributed by atoms with Crippen molar-refractivity contribution in [3.63, 3.8) is 0 Å². The summed E-state index contributed by atoms with van der Waals surface area (Å²) in [6.45, 7) is 1.58. The molecular formula is C16H12BrNO. The van der Waals surface area contributed by atoms with Crippen LogP contribution in [0.25, 0.3) is 22.0 Å². The fraction of sp³-hybridized carbons (Fsp3) is 0.0625. The van der Waals surface area contributed by atoms with E-state index in [4.69, 9.17) is 0 Å². The minimum Gasteiger partial charge on any atom is -0.287 e. The first-order valence-corrected chi connectivity index (χ1v) is 6.83. The third kappa shape index (κ3) is 2.10. The molecule has 0 aliphatic rings. The predicted octanol–water partition coefficient (Wildman–Crippen LogP) is 4.73. The predicted molar refractivity (Wildman–Crippen MR) is 81.4 cm³/mol. The largest absolute Gasteiger partial charge is 0.287 e. The van der Waals surface area contributed by atoms with Gasteiger partial charge in [0.15, 0.2) is 0 Å². The molecule has 0 aliphatic heterocycles. The standard InChI is InChI=1S/C16H12BrNO/c1-11(19)18-10-15(12-6-8-13(17)9-7-12)14-4-2-3-5-16(14)18/h2-10H,1H3. The first kappa shape index (κ1) is 12.2. The van der Waals surface area contributed by atoms with E-state index >= 15 is 0 Å². The van der Waals surface area contributed by atoms with Crippen molar-refractivity contribution in [2.45, 2.75) is 6.92 Å². The van der Waals surface area contributed by atoms with Crippen molar-refractivity contribution in [3.8, 4) is 11.1 Å². The zero-order valence-electron chi connectivity index (χ0n) is 10.4. The Morgan fingerprint density at radius 3 is 2.42 bits per heavy atom. The summed E-state index contributed by atoms with van der Waals surface area (Å²) in [4.78, 5) is 11.7. The number of hydrogen-bond donors (Lipinski definition) is 0. The van der Waals surface area contributed by atoms with Crippen molar-refractivity contribution in [2.75, 3.05) is 0 Å². The van der Waals surface area contributed by atoms with Gasteiger partial charge in [-0.2, -0.15) is 0 Å². The van der Waals surface area contributed by atoms with Crippen molar-refractivity contribution in [1.82, 2.24) is 4.57 Å². The normalized spacial score (nSPS) is 10.8. The number of fused-ring (bicyclic) bond motifs is 1. The second-order valence-electron chi connectivity index (χ2n) is 4.46. The highest BCUT2D eigenvalue weighted by Gasteiger charge is 2.11. The monoisotopic (exact) mass is 313 g/mol. The molecule has 0 saturated carbocycles. The first-order chi connectivity index (χ1) is 9.16. The van der Waals surface area contributed by atoms with Crippen LogP contribution in [0.5, 0.6) is 0 Å². The Hall–Kier alpha value is -1.87. The molecule has 0 fully saturated rings. The fourth-order valence-corrected chi connectivity index (χ4v) is 2.56. The maximum Gasteiger partial charge on any atom is 0.227 e. The molecule has 0 unspecified atom stereocenters. The Kier molecular flexibility index (Phi) is 2.99. The van der Waals surface area contributed by atoms with Crippen LogP contribution < -0.4 is 0 Å². The Balaban J connectivity index is 2.29. The summed E-state index contributed by atoms with van der Waals surface area (Å²) in [7, 11) is 0. The summed E-state index contributed by atoms with van der Waals surface area (Å²) in [5.74, 6) is 0.0274. The molecule has 0 saturated heterocycles. The minimum atomic E-state index is 0.0274. The van der Waals surface area contributed by atoms with Crippen molar-refractivity contribution in [2.24, 2.45) is 0 Å². The molecule has 1 aromatic heterocycles. The minimum absolute atomic E-state index is 0.0274. The molecule has 1 heterocycles. The highest BCUT2D eigenvalue weighted by atomic mass is 79.9. The average Bonchev–Trinajstić information content (AvgIpc) is 2.79. The maximum atomic E-state index is 11.7. The zero-order chi connectivity index (χ0) is 13.4. The van der Waals surface area contributed by atoms with Crippen LogP contribution in [0.2, 0.25) is 0 Å². The average molecular weight is 314 g/mol. The summed E-state index contributed by atoms with van der Waals surface area (Å²) >= 11 is 3.44. The Bertz CT molecular complexity index is 756. The van der Waals surface area contributed by atoms with Crippen molar-refractivity contribution < 1.29 is 4.79 Å². The van der Waals surface area contributed by atoms with Crippen molar-refractivity contribution >= 4 is 32.7 Å². The third-order valence-corrected chi connectivity index (χ3v) is 3.74. The maximum absolute atomic E-state index is 11.7. The molecule has 3 aromatic rings. The Morgan fingerprint density at radius 1 is 1.05 bits per heavy atom. The van der Waals surface area contributed by atoms with Gasteiger partial charge in [-0.1, -0.05) is 46.3 Å².